The number of carboxylic acid groups (broad SMARTS) is 1. The van der Waals surface area contributed by atoms with Crippen LogP contribution in [0, 0.1) is 5.92 Å². The maximum atomic E-state index is 12.4. The van der Waals surface area contributed by atoms with Crippen LogP contribution in [0.15, 0.2) is 156 Å². The number of aliphatic carboxylic acids is 1. The quantitative estimate of drug-likeness (QED) is 0.119. The summed E-state index contributed by atoms with van der Waals surface area (Å²) in [5, 5.41) is 11.5. The lowest BCUT2D eigenvalue weighted by Crippen LogP contribution is -2.18. The molecule has 9 heteroatoms. The van der Waals surface area contributed by atoms with E-state index in [2.05, 4.69) is 42.0 Å². The second kappa shape index (κ2) is 23.6. The third kappa shape index (κ3) is 15.3. The highest BCUT2D eigenvalue weighted by atomic mass is 79.9. The van der Waals surface area contributed by atoms with Crippen LogP contribution in [-0.4, -0.2) is 22.9 Å². The van der Waals surface area contributed by atoms with Crippen molar-refractivity contribution in [1.29, 1.82) is 0 Å². The molecule has 6 rings (SSSR count). The van der Waals surface area contributed by atoms with Crippen LogP contribution in [0.5, 0.6) is 23.0 Å². The summed E-state index contributed by atoms with van der Waals surface area (Å²) in [6.07, 6.45) is 0.685. The molecule has 290 valence electrons. The summed E-state index contributed by atoms with van der Waals surface area (Å²) >= 11 is 3.28. The van der Waals surface area contributed by atoms with Gasteiger partial charge in [-0.25, -0.2) is 0 Å². The Morgan fingerprint density at radius 3 is 1.75 bits per heavy atom. The maximum Gasteiger partial charge on any atom is 0.303 e. The molecule has 0 fully saturated rings. The molecule has 0 spiro atoms. The van der Waals surface area contributed by atoms with Gasteiger partial charge in [0.2, 0.25) is 0 Å². The van der Waals surface area contributed by atoms with Gasteiger partial charge < -0.3 is 25.6 Å². The number of aryl methyl sites for hydroxylation is 1. The smallest absolute Gasteiger partial charge is 0.303 e. The Kier molecular flexibility index (Phi) is 18.6. The van der Waals surface area contributed by atoms with E-state index in [1.54, 1.807) is 42.5 Å². The predicted molar refractivity (Wildman–Crippen MR) is 230 cm³/mol. The number of para-hydroxylation sites is 3. The molecule has 6 aromatic rings. The molecule has 6 aromatic carbocycles. The van der Waals surface area contributed by atoms with Crippen molar-refractivity contribution in [2.45, 2.75) is 47.5 Å². The Bertz CT molecular complexity index is 2100. The zero-order valence-corrected chi connectivity index (χ0v) is 34.0. The largest absolute Gasteiger partial charge is 0.481 e. The van der Waals surface area contributed by atoms with Crippen LogP contribution in [0.2, 0.25) is 0 Å². The van der Waals surface area contributed by atoms with Gasteiger partial charge in [0, 0.05) is 22.0 Å². The molecule has 0 saturated carbocycles. The zero-order valence-electron chi connectivity index (χ0n) is 32.4. The third-order valence-corrected chi connectivity index (χ3v) is 7.83. The van der Waals surface area contributed by atoms with Gasteiger partial charge in [-0.2, -0.15) is 0 Å². The van der Waals surface area contributed by atoms with Crippen molar-refractivity contribution in [3.8, 4) is 34.1 Å². The lowest BCUT2D eigenvalue weighted by atomic mass is 10.0. The number of primary amides is 1. The maximum absolute atomic E-state index is 12.4. The van der Waals surface area contributed by atoms with Gasteiger partial charge in [0.05, 0.1) is 11.3 Å². The monoisotopic (exact) mass is 816 g/mol. The fraction of sp³-hybridized carbons (Fsp3) is 0.170. The van der Waals surface area contributed by atoms with Gasteiger partial charge in [-0.1, -0.05) is 129 Å². The summed E-state index contributed by atoms with van der Waals surface area (Å²) in [5.41, 5.74) is 9.45. The van der Waals surface area contributed by atoms with Gasteiger partial charge >= 0.3 is 5.97 Å². The number of carbonyl (C=O) groups is 3. The van der Waals surface area contributed by atoms with Gasteiger partial charge in [-0.3, -0.25) is 14.4 Å². The van der Waals surface area contributed by atoms with Crippen molar-refractivity contribution < 1.29 is 29.0 Å². The number of nitrogens with one attached hydrogen (secondary N) is 1. The van der Waals surface area contributed by atoms with Crippen molar-refractivity contribution in [2.75, 3.05) is 5.32 Å². The number of hydrogen-bond donors (Lipinski definition) is 3. The number of anilines is 1. The highest BCUT2D eigenvalue weighted by Gasteiger charge is 2.13. The SMILES string of the molecule is CC.CC(C)C.NC(=O)c1cc(Br)ccc1NC(=O)c1ccc(Oc2ccccc2)cc1.O=C(O)CCc1ccc(-c2ccccc2Oc2ccccc2)cc1. The predicted octanol–water partition coefficient (Wildman–Crippen LogP) is 12.4. The first-order valence-corrected chi connectivity index (χ1v) is 19.1. The first-order chi connectivity index (χ1) is 27.0. The van der Waals surface area contributed by atoms with E-state index >= 15 is 0 Å². The second-order valence-corrected chi connectivity index (χ2v) is 13.6. The molecule has 0 saturated heterocycles. The molecule has 0 bridgehead atoms. The highest BCUT2D eigenvalue weighted by molar-refractivity contribution is 9.10. The number of rotatable bonds is 11. The van der Waals surface area contributed by atoms with Crippen molar-refractivity contribution in [1.82, 2.24) is 0 Å². The normalized spacial score (nSPS) is 9.91. The first-order valence-electron chi connectivity index (χ1n) is 18.3. The molecular weight excluding hydrogens is 768 g/mol. The Morgan fingerprint density at radius 1 is 0.679 bits per heavy atom. The summed E-state index contributed by atoms with van der Waals surface area (Å²) in [4.78, 5) is 34.6. The standard InChI is InChI=1S/C21H18O3.C20H15BrN2O3.C4H10.C2H6/c22-21(23)15-12-16-10-13-17(14-11-16)19-8-4-5-9-20(19)24-18-6-2-1-3-7-18;21-14-8-11-18(17(12-14)19(22)24)23-20(25)13-6-9-16(10-7-13)26-15-4-2-1-3-5-15;1-4(2)3;1-2/h1-11,13-14H,12,15H2,(H,22,23);1-12H,(H2,22,24)(H,23,25);4H,1-3H3;1-2H3. The molecule has 0 unspecified atom stereocenters. The average molecular weight is 818 g/mol. The van der Waals surface area contributed by atoms with Crippen LogP contribution in [0.4, 0.5) is 5.69 Å². The number of carbonyl (C=O) groups excluding carboxylic acids is 2. The second-order valence-electron chi connectivity index (χ2n) is 12.7. The summed E-state index contributed by atoms with van der Waals surface area (Å²) in [5.74, 6) is 2.01. The van der Waals surface area contributed by atoms with Crippen LogP contribution >= 0.6 is 15.9 Å². The number of nitrogens with two attached hydrogens (primary N) is 1. The zero-order chi connectivity index (χ0) is 40.9. The summed E-state index contributed by atoms with van der Waals surface area (Å²) < 4.78 is 12.4. The fourth-order valence-corrected chi connectivity index (χ4v) is 5.20. The van der Waals surface area contributed by atoms with E-state index in [9.17, 15) is 14.4 Å². The molecule has 0 heterocycles. The van der Waals surface area contributed by atoms with Crippen LogP contribution in [0.3, 0.4) is 0 Å². The van der Waals surface area contributed by atoms with Gasteiger partial charge in [0.25, 0.3) is 11.8 Å². The van der Waals surface area contributed by atoms with E-state index in [-0.39, 0.29) is 17.9 Å². The van der Waals surface area contributed by atoms with Crippen molar-refractivity contribution in [2.24, 2.45) is 11.7 Å². The lowest BCUT2D eigenvalue weighted by Gasteiger charge is -2.11. The number of hydrogen-bond acceptors (Lipinski definition) is 5. The molecule has 4 N–H and O–H groups in total. The molecule has 56 heavy (non-hydrogen) atoms. The average Bonchev–Trinajstić information content (AvgIpc) is 3.20. The molecule has 0 aliphatic carbocycles. The Balaban J connectivity index is 0.000000264. The molecule has 2 amide bonds. The first kappa shape index (κ1) is 44.2. The van der Waals surface area contributed by atoms with Gasteiger partial charge in [-0.15, -0.1) is 0 Å². The highest BCUT2D eigenvalue weighted by Crippen LogP contribution is 2.33. The van der Waals surface area contributed by atoms with Crippen molar-refractivity contribution in [3.05, 3.63) is 173 Å². The minimum atomic E-state index is -0.777. The summed E-state index contributed by atoms with van der Waals surface area (Å²) in [6.45, 7) is 10.5. The topological polar surface area (TPSA) is 128 Å². The lowest BCUT2D eigenvalue weighted by molar-refractivity contribution is -0.136. The van der Waals surface area contributed by atoms with E-state index < -0.39 is 11.9 Å². The number of amides is 2. The van der Waals surface area contributed by atoms with Gasteiger partial charge in [0.15, 0.2) is 0 Å². The molecule has 0 aromatic heterocycles. The van der Waals surface area contributed by atoms with Crippen LogP contribution in [-0.2, 0) is 11.2 Å². The van der Waals surface area contributed by atoms with Crippen LogP contribution < -0.4 is 20.5 Å². The molecule has 0 aliphatic rings. The fourth-order valence-electron chi connectivity index (χ4n) is 4.83. The third-order valence-electron chi connectivity index (χ3n) is 7.34. The summed E-state index contributed by atoms with van der Waals surface area (Å²) in [6, 6.07) is 46.5. The van der Waals surface area contributed by atoms with Gasteiger partial charge in [-0.05, 0) is 96.3 Å². The number of benzene rings is 6. The van der Waals surface area contributed by atoms with Gasteiger partial charge in [0.1, 0.15) is 23.0 Å². The Morgan fingerprint density at radius 2 is 1.20 bits per heavy atom. The van der Waals surface area contributed by atoms with Crippen LogP contribution in [0.25, 0.3) is 11.1 Å². The minimum Gasteiger partial charge on any atom is -0.481 e. The van der Waals surface area contributed by atoms with E-state index in [4.69, 9.17) is 20.3 Å². The van der Waals surface area contributed by atoms with E-state index in [1.807, 2.05) is 123 Å². The van der Waals surface area contributed by atoms with E-state index in [0.717, 1.165) is 34.1 Å². The number of ether oxygens (including phenoxy) is 2. The van der Waals surface area contributed by atoms with Crippen molar-refractivity contribution in [3.63, 3.8) is 0 Å². The Labute approximate surface area is 338 Å². The van der Waals surface area contributed by atoms with E-state index in [1.165, 1.54) is 0 Å². The van der Waals surface area contributed by atoms with Crippen molar-refractivity contribution >= 4 is 39.4 Å². The Hall–Kier alpha value is -6.19. The number of halogens is 1. The minimum absolute atomic E-state index is 0.146. The molecule has 0 radical (unpaired) electrons. The number of carboxylic acids is 1. The summed E-state index contributed by atoms with van der Waals surface area (Å²) in [7, 11) is 0. The molecule has 0 aliphatic heterocycles. The van der Waals surface area contributed by atoms with Crippen LogP contribution in [0.1, 0.15) is 67.3 Å². The molecule has 8 nitrogen and oxygen atoms in total. The molecular formula is C47H49BrN2O6. The van der Waals surface area contributed by atoms with E-state index in [0.29, 0.717) is 33.6 Å². The molecule has 0 atom stereocenters.